The molecule has 192 valence electrons. The van der Waals surface area contributed by atoms with Crippen molar-refractivity contribution in [3.63, 3.8) is 0 Å². The average molecular weight is 505 g/mol. The molecule has 0 saturated carbocycles. The van der Waals surface area contributed by atoms with Gasteiger partial charge in [0.05, 0.1) is 30.3 Å². The van der Waals surface area contributed by atoms with Gasteiger partial charge in [0.1, 0.15) is 17.2 Å². The number of methoxy groups -OCH3 is 1. The molecule has 1 aliphatic rings. The van der Waals surface area contributed by atoms with Crippen LogP contribution < -0.4 is 14.4 Å². The largest absolute Gasteiger partial charge is 0.505 e. The Hall–Kier alpha value is -4.53. The molecule has 0 aromatic heterocycles. The molecular formula is C28H28N2O7. The average Bonchev–Trinajstić information content (AvgIpc) is 2.87. The maximum Gasteiger partial charge on any atom is 0.297 e. The SMILES string of the molecule is COc1ccc(N(C(C)=O)c2cc3c(cc2[N+](=O)[O-])OC(C)(C)C(O)=C3OCCc2ccccc2)cc1. The first kappa shape index (κ1) is 25.6. The van der Waals surface area contributed by atoms with Crippen LogP contribution in [0.4, 0.5) is 17.1 Å². The van der Waals surface area contributed by atoms with Crippen LogP contribution in [0.1, 0.15) is 31.9 Å². The highest BCUT2D eigenvalue weighted by Crippen LogP contribution is 2.46. The van der Waals surface area contributed by atoms with Gasteiger partial charge >= 0.3 is 0 Å². The van der Waals surface area contributed by atoms with Crippen LogP contribution in [0.5, 0.6) is 11.5 Å². The highest BCUT2D eigenvalue weighted by atomic mass is 16.6. The summed E-state index contributed by atoms with van der Waals surface area (Å²) < 4.78 is 17.2. The van der Waals surface area contributed by atoms with E-state index >= 15 is 0 Å². The number of benzene rings is 3. The molecule has 0 saturated heterocycles. The van der Waals surface area contributed by atoms with E-state index in [-0.39, 0.29) is 35.2 Å². The molecule has 3 aromatic rings. The summed E-state index contributed by atoms with van der Waals surface area (Å²) in [6.45, 7) is 4.85. The highest BCUT2D eigenvalue weighted by Gasteiger charge is 2.39. The first-order chi connectivity index (χ1) is 17.6. The number of ether oxygens (including phenoxy) is 3. The first-order valence-electron chi connectivity index (χ1n) is 11.7. The zero-order valence-corrected chi connectivity index (χ0v) is 21.1. The molecule has 0 radical (unpaired) electrons. The van der Waals surface area contributed by atoms with E-state index in [0.29, 0.717) is 23.4 Å². The van der Waals surface area contributed by atoms with Crippen LogP contribution in [0.25, 0.3) is 5.76 Å². The third-order valence-corrected chi connectivity index (χ3v) is 6.03. The lowest BCUT2D eigenvalue weighted by atomic mass is 9.96. The lowest BCUT2D eigenvalue weighted by Gasteiger charge is -2.34. The second-order valence-electron chi connectivity index (χ2n) is 9.02. The Morgan fingerprint density at radius 2 is 1.78 bits per heavy atom. The fourth-order valence-electron chi connectivity index (χ4n) is 4.15. The summed E-state index contributed by atoms with van der Waals surface area (Å²) in [5, 5.41) is 23.1. The Morgan fingerprint density at radius 1 is 1.11 bits per heavy atom. The second-order valence-corrected chi connectivity index (χ2v) is 9.02. The number of fused-ring (bicyclic) bond motifs is 1. The molecule has 0 bridgehead atoms. The summed E-state index contributed by atoms with van der Waals surface area (Å²) in [6, 6.07) is 19.0. The number of rotatable bonds is 8. The third kappa shape index (κ3) is 5.20. The van der Waals surface area contributed by atoms with Crippen molar-refractivity contribution in [2.45, 2.75) is 32.8 Å². The van der Waals surface area contributed by atoms with Crippen molar-refractivity contribution in [2.24, 2.45) is 0 Å². The number of amides is 1. The van der Waals surface area contributed by atoms with Crippen molar-refractivity contribution < 1.29 is 29.0 Å². The minimum atomic E-state index is -1.18. The second kappa shape index (κ2) is 10.2. The van der Waals surface area contributed by atoms with Crippen LogP contribution in [-0.4, -0.2) is 35.3 Å². The van der Waals surface area contributed by atoms with E-state index < -0.39 is 16.4 Å². The summed E-state index contributed by atoms with van der Waals surface area (Å²) in [5.41, 5.74) is 0.284. The minimum Gasteiger partial charge on any atom is -0.505 e. The van der Waals surface area contributed by atoms with Crippen molar-refractivity contribution in [1.82, 2.24) is 0 Å². The van der Waals surface area contributed by atoms with Crippen molar-refractivity contribution in [1.29, 1.82) is 0 Å². The number of carbonyl (C=O) groups excluding carboxylic acids is 1. The van der Waals surface area contributed by atoms with Gasteiger partial charge in [0, 0.05) is 19.0 Å². The number of aliphatic hydroxyl groups excluding tert-OH is 1. The molecule has 1 amide bonds. The molecule has 0 atom stereocenters. The van der Waals surface area contributed by atoms with E-state index in [1.807, 2.05) is 30.3 Å². The normalized spacial score (nSPS) is 13.8. The van der Waals surface area contributed by atoms with Crippen LogP contribution in [0.2, 0.25) is 0 Å². The van der Waals surface area contributed by atoms with Crippen LogP contribution in [0.3, 0.4) is 0 Å². The highest BCUT2D eigenvalue weighted by molar-refractivity contribution is 6.02. The Bertz CT molecular complexity index is 1350. The number of nitro groups is 1. The number of aliphatic hydroxyl groups is 1. The Kier molecular flexibility index (Phi) is 7.06. The lowest BCUT2D eigenvalue weighted by molar-refractivity contribution is -0.384. The number of carbonyl (C=O) groups is 1. The predicted octanol–water partition coefficient (Wildman–Crippen LogP) is 5.94. The van der Waals surface area contributed by atoms with Crippen LogP contribution in [0, 0.1) is 10.1 Å². The Labute approximate surface area is 214 Å². The summed E-state index contributed by atoms with van der Waals surface area (Å²) in [7, 11) is 1.52. The Morgan fingerprint density at radius 3 is 2.38 bits per heavy atom. The first-order valence-corrected chi connectivity index (χ1v) is 11.7. The molecule has 9 nitrogen and oxygen atoms in total. The van der Waals surface area contributed by atoms with Gasteiger partial charge in [-0.25, -0.2) is 0 Å². The van der Waals surface area contributed by atoms with Gasteiger partial charge in [0.2, 0.25) is 5.91 Å². The summed E-state index contributed by atoms with van der Waals surface area (Å²) in [4.78, 5) is 25.5. The molecule has 1 heterocycles. The van der Waals surface area contributed by atoms with Crippen molar-refractivity contribution in [3.8, 4) is 11.5 Å². The molecule has 0 unspecified atom stereocenters. The molecule has 1 aliphatic heterocycles. The van der Waals surface area contributed by atoms with Gasteiger partial charge in [-0.2, -0.15) is 0 Å². The molecule has 0 fully saturated rings. The predicted molar refractivity (Wildman–Crippen MR) is 139 cm³/mol. The zero-order valence-electron chi connectivity index (χ0n) is 21.1. The molecule has 4 rings (SSSR count). The molecular weight excluding hydrogens is 476 g/mol. The summed E-state index contributed by atoms with van der Waals surface area (Å²) in [6.07, 6.45) is 0.583. The number of hydrogen-bond acceptors (Lipinski definition) is 7. The standard InChI is InChI=1S/C28H28N2O7/c1-18(31)29(20-10-12-21(35-4)13-11-20)23-16-22-25(17-24(23)30(33)34)37-28(2,3)27(32)26(22)36-15-14-19-8-6-5-7-9-19/h5-13,16-17,32H,14-15H2,1-4H3. The number of hydrogen-bond donors (Lipinski definition) is 1. The van der Waals surface area contributed by atoms with Crippen molar-refractivity contribution in [3.05, 3.63) is 93.7 Å². The fraction of sp³-hybridized carbons (Fsp3) is 0.250. The number of nitrogens with zero attached hydrogens (tertiary/aromatic N) is 2. The Balaban J connectivity index is 1.81. The fourth-order valence-corrected chi connectivity index (χ4v) is 4.15. The van der Waals surface area contributed by atoms with Crippen LogP contribution >= 0.6 is 0 Å². The number of anilines is 2. The van der Waals surface area contributed by atoms with Gasteiger partial charge in [0.25, 0.3) is 5.69 Å². The van der Waals surface area contributed by atoms with Crippen molar-refractivity contribution >= 4 is 28.7 Å². The molecule has 0 aliphatic carbocycles. The summed E-state index contributed by atoms with van der Waals surface area (Å²) in [5.74, 6) is 0.309. The maximum atomic E-state index is 12.8. The van der Waals surface area contributed by atoms with E-state index in [0.717, 1.165) is 5.56 Å². The van der Waals surface area contributed by atoms with Gasteiger partial charge in [-0.3, -0.25) is 19.8 Å². The molecule has 3 aromatic carbocycles. The lowest BCUT2D eigenvalue weighted by Crippen LogP contribution is -2.35. The molecule has 1 N–H and O–H groups in total. The molecule has 37 heavy (non-hydrogen) atoms. The van der Waals surface area contributed by atoms with Gasteiger partial charge in [-0.15, -0.1) is 0 Å². The maximum absolute atomic E-state index is 12.8. The monoisotopic (exact) mass is 504 g/mol. The van der Waals surface area contributed by atoms with Crippen LogP contribution in [0.15, 0.2) is 72.5 Å². The third-order valence-electron chi connectivity index (χ3n) is 6.03. The minimum absolute atomic E-state index is 0.0154. The van der Waals surface area contributed by atoms with E-state index in [9.17, 15) is 20.0 Å². The topological polar surface area (TPSA) is 111 Å². The van der Waals surface area contributed by atoms with Crippen molar-refractivity contribution in [2.75, 3.05) is 18.6 Å². The van der Waals surface area contributed by atoms with Crippen LogP contribution in [-0.2, 0) is 16.0 Å². The number of nitro benzene ring substituents is 1. The molecule has 0 spiro atoms. The van der Waals surface area contributed by atoms with Gasteiger partial charge in [0.15, 0.2) is 17.1 Å². The van der Waals surface area contributed by atoms with E-state index in [2.05, 4.69) is 0 Å². The molecule has 9 heteroatoms. The van der Waals surface area contributed by atoms with Gasteiger partial charge in [-0.1, -0.05) is 30.3 Å². The van der Waals surface area contributed by atoms with E-state index in [1.165, 1.54) is 31.1 Å². The summed E-state index contributed by atoms with van der Waals surface area (Å²) >= 11 is 0. The van der Waals surface area contributed by atoms with E-state index in [1.54, 1.807) is 38.1 Å². The van der Waals surface area contributed by atoms with Gasteiger partial charge in [-0.05, 0) is 49.7 Å². The van der Waals surface area contributed by atoms with Gasteiger partial charge < -0.3 is 19.3 Å². The van der Waals surface area contributed by atoms with E-state index in [4.69, 9.17) is 14.2 Å². The smallest absolute Gasteiger partial charge is 0.297 e. The quantitative estimate of drug-likeness (QED) is 0.298. The zero-order chi connectivity index (χ0) is 26.7.